The maximum atomic E-state index is 11.1. The summed E-state index contributed by atoms with van der Waals surface area (Å²) in [7, 11) is 0. The van der Waals surface area contributed by atoms with Crippen molar-refractivity contribution >= 4 is 5.97 Å². The van der Waals surface area contributed by atoms with Crippen LogP contribution in [0, 0.1) is 11.8 Å². The van der Waals surface area contributed by atoms with Crippen molar-refractivity contribution in [2.24, 2.45) is 11.8 Å². The molecule has 2 fully saturated rings. The lowest BCUT2D eigenvalue weighted by atomic mass is 9.96. The number of nitrogens with zero attached hydrogens (tertiary/aromatic N) is 1. The number of nitrogens with one attached hydrogen (secondary N) is 1. The third-order valence-corrected chi connectivity index (χ3v) is 4.44. The second-order valence-electron chi connectivity index (χ2n) is 5.74. The van der Waals surface area contributed by atoms with Crippen LogP contribution in [-0.4, -0.2) is 48.7 Å². The van der Waals surface area contributed by atoms with Crippen LogP contribution >= 0.6 is 0 Å². The summed E-state index contributed by atoms with van der Waals surface area (Å²) < 4.78 is 0. The van der Waals surface area contributed by atoms with Crippen LogP contribution in [0.1, 0.15) is 38.5 Å². The summed E-state index contributed by atoms with van der Waals surface area (Å²) in [5.74, 6) is -0.355. The number of hydrogen-bond donors (Lipinski definition) is 2. The molecule has 18 heavy (non-hydrogen) atoms. The van der Waals surface area contributed by atoms with E-state index in [1.807, 2.05) is 0 Å². The fourth-order valence-corrected chi connectivity index (χ4v) is 3.31. The smallest absolute Gasteiger partial charge is 0.306 e. The summed E-state index contributed by atoms with van der Waals surface area (Å²) in [6.45, 7) is 5.48. The normalized spacial score (nSPS) is 29.6. The van der Waals surface area contributed by atoms with Gasteiger partial charge in [-0.05, 0) is 51.2 Å². The number of piperidine rings is 1. The molecule has 2 aliphatic rings. The molecule has 0 spiro atoms. The average molecular weight is 254 g/mol. The van der Waals surface area contributed by atoms with Crippen LogP contribution in [0.3, 0.4) is 0 Å². The van der Waals surface area contributed by atoms with Gasteiger partial charge in [0.2, 0.25) is 0 Å². The monoisotopic (exact) mass is 254 g/mol. The highest BCUT2D eigenvalue weighted by atomic mass is 16.4. The Hall–Kier alpha value is -0.610. The predicted octanol–water partition coefficient (Wildman–Crippen LogP) is 1.56. The summed E-state index contributed by atoms with van der Waals surface area (Å²) in [5.41, 5.74) is 0. The zero-order valence-electron chi connectivity index (χ0n) is 11.2. The average Bonchev–Trinajstić information content (AvgIpc) is 2.84. The van der Waals surface area contributed by atoms with Gasteiger partial charge >= 0.3 is 5.97 Å². The fourth-order valence-electron chi connectivity index (χ4n) is 3.31. The van der Waals surface area contributed by atoms with E-state index in [0.29, 0.717) is 5.92 Å². The molecule has 1 saturated carbocycles. The quantitative estimate of drug-likeness (QED) is 0.706. The van der Waals surface area contributed by atoms with Crippen LogP contribution in [0.5, 0.6) is 0 Å². The number of aliphatic carboxylic acids is 1. The SMILES string of the molecule is O=C(O)C1CCCC1CNCCN1CCCCC1. The van der Waals surface area contributed by atoms with E-state index >= 15 is 0 Å². The molecule has 2 rings (SSSR count). The Kier molecular flexibility index (Phi) is 5.45. The molecule has 2 atom stereocenters. The molecule has 104 valence electrons. The third-order valence-electron chi connectivity index (χ3n) is 4.44. The summed E-state index contributed by atoms with van der Waals surface area (Å²) in [6, 6.07) is 0. The Morgan fingerprint density at radius 2 is 1.94 bits per heavy atom. The number of likely N-dealkylation sites (tertiary alicyclic amines) is 1. The Bertz CT molecular complexity index is 265. The predicted molar refractivity (Wildman–Crippen MR) is 71.6 cm³/mol. The van der Waals surface area contributed by atoms with Gasteiger partial charge in [-0.25, -0.2) is 0 Å². The van der Waals surface area contributed by atoms with Gasteiger partial charge < -0.3 is 15.3 Å². The van der Waals surface area contributed by atoms with Crippen LogP contribution in [0.25, 0.3) is 0 Å². The standard InChI is InChI=1S/C14H26N2O2/c17-14(18)13-6-4-5-12(13)11-15-7-10-16-8-2-1-3-9-16/h12-13,15H,1-11H2,(H,17,18). The zero-order valence-corrected chi connectivity index (χ0v) is 11.2. The first kappa shape index (κ1) is 13.8. The second kappa shape index (κ2) is 7.10. The molecule has 1 aliphatic carbocycles. The van der Waals surface area contributed by atoms with Gasteiger partial charge in [0, 0.05) is 13.1 Å². The van der Waals surface area contributed by atoms with Gasteiger partial charge in [0.05, 0.1) is 5.92 Å². The highest BCUT2D eigenvalue weighted by Gasteiger charge is 2.32. The molecule has 0 aromatic heterocycles. The van der Waals surface area contributed by atoms with Gasteiger partial charge in [-0.2, -0.15) is 0 Å². The highest BCUT2D eigenvalue weighted by molar-refractivity contribution is 5.70. The Morgan fingerprint density at radius 3 is 2.67 bits per heavy atom. The van der Waals surface area contributed by atoms with E-state index < -0.39 is 5.97 Å². The molecule has 2 N–H and O–H groups in total. The minimum absolute atomic E-state index is 0.104. The Balaban J connectivity index is 1.58. The third kappa shape index (κ3) is 3.95. The minimum atomic E-state index is -0.602. The summed E-state index contributed by atoms with van der Waals surface area (Å²) in [4.78, 5) is 13.6. The minimum Gasteiger partial charge on any atom is -0.481 e. The number of carboxylic acids is 1. The fraction of sp³-hybridized carbons (Fsp3) is 0.929. The van der Waals surface area contributed by atoms with E-state index in [0.717, 1.165) is 38.9 Å². The number of rotatable bonds is 6. The van der Waals surface area contributed by atoms with Crippen molar-refractivity contribution < 1.29 is 9.90 Å². The summed E-state index contributed by atoms with van der Waals surface area (Å²) in [6.07, 6.45) is 7.08. The van der Waals surface area contributed by atoms with Crippen molar-refractivity contribution in [3.05, 3.63) is 0 Å². The molecular weight excluding hydrogens is 228 g/mol. The van der Waals surface area contributed by atoms with Crippen molar-refractivity contribution in [1.82, 2.24) is 10.2 Å². The molecular formula is C14H26N2O2. The maximum Gasteiger partial charge on any atom is 0.306 e. The lowest BCUT2D eigenvalue weighted by Crippen LogP contribution is -2.38. The number of carboxylic acid groups (broad SMARTS) is 1. The highest BCUT2D eigenvalue weighted by Crippen LogP contribution is 2.31. The van der Waals surface area contributed by atoms with E-state index in [1.54, 1.807) is 0 Å². The lowest BCUT2D eigenvalue weighted by Gasteiger charge is -2.26. The molecule has 1 aliphatic heterocycles. The molecule has 0 aromatic carbocycles. The molecule has 4 nitrogen and oxygen atoms in total. The zero-order chi connectivity index (χ0) is 12.8. The molecule has 1 heterocycles. The first-order chi connectivity index (χ1) is 8.77. The van der Waals surface area contributed by atoms with Crippen molar-refractivity contribution in [3.8, 4) is 0 Å². The van der Waals surface area contributed by atoms with Crippen molar-refractivity contribution in [2.45, 2.75) is 38.5 Å². The summed E-state index contributed by atoms with van der Waals surface area (Å²) >= 11 is 0. The Morgan fingerprint density at radius 1 is 1.17 bits per heavy atom. The van der Waals surface area contributed by atoms with Crippen LogP contribution in [-0.2, 0) is 4.79 Å². The number of carbonyl (C=O) groups is 1. The molecule has 2 unspecified atom stereocenters. The van der Waals surface area contributed by atoms with Crippen LogP contribution < -0.4 is 5.32 Å². The van der Waals surface area contributed by atoms with E-state index in [-0.39, 0.29) is 5.92 Å². The van der Waals surface area contributed by atoms with Gasteiger partial charge in [-0.3, -0.25) is 4.79 Å². The molecule has 0 amide bonds. The molecule has 0 radical (unpaired) electrons. The lowest BCUT2D eigenvalue weighted by molar-refractivity contribution is -0.142. The van der Waals surface area contributed by atoms with E-state index in [1.165, 1.54) is 32.4 Å². The van der Waals surface area contributed by atoms with E-state index in [9.17, 15) is 4.79 Å². The largest absolute Gasteiger partial charge is 0.481 e. The van der Waals surface area contributed by atoms with Gasteiger partial charge in [0.25, 0.3) is 0 Å². The van der Waals surface area contributed by atoms with Gasteiger partial charge in [0.15, 0.2) is 0 Å². The molecule has 1 saturated heterocycles. The van der Waals surface area contributed by atoms with Gasteiger partial charge in [0.1, 0.15) is 0 Å². The Labute approximate surface area is 110 Å². The first-order valence-electron chi connectivity index (χ1n) is 7.43. The van der Waals surface area contributed by atoms with Crippen molar-refractivity contribution in [1.29, 1.82) is 0 Å². The van der Waals surface area contributed by atoms with E-state index in [4.69, 9.17) is 5.11 Å². The topological polar surface area (TPSA) is 52.6 Å². The molecule has 4 heteroatoms. The number of hydrogen-bond acceptors (Lipinski definition) is 3. The van der Waals surface area contributed by atoms with Gasteiger partial charge in [-0.15, -0.1) is 0 Å². The van der Waals surface area contributed by atoms with E-state index in [2.05, 4.69) is 10.2 Å². The molecule has 0 aromatic rings. The van der Waals surface area contributed by atoms with Crippen LogP contribution in [0.4, 0.5) is 0 Å². The molecule has 0 bridgehead atoms. The second-order valence-corrected chi connectivity index (χ2v) is 5.74. The van der Waals surface area contributed by atoms with Crippen molar-refractivity contribution in [2.75, 3.05) is 32.7 Å². The first-order valence-corrected chi connectivity index (χ1v) is 7.43. The van der Waals surface area contributed by atoms with Crippen molar-refractivity contribution in [3.63, 3.8) is 0 Å². The maximum absolute atomic E-state index is 11.1. The van der Waals surface area contributed by atoms with Gasteiger partial charge in [-0.1, -0.05) is 12.8 Å². The van der Waals surface area contributed by atoms with Crippen LogP contribution in [0.15, 0.2) is 0 Å². The van der Waals surface area contributed by atoms with Crippen LogP contribution in [0.2, 0.25) is 0 Å². The summed E-state index contributed by atoms with van der Waals surface area (Å²) in [5, 5.41) is 12.6.